The van der Waals surface area contributed by atoms with Crippen LogP contribution < -0.4 is 15.8 Å². The van der Waals surface area contributed by atoms with Crippen molar-refractivity contribution in [3.05, 3.63) is 45.4 Å². The molecule has 3 rings (SSSR count). The molecule has 3 heterocycles. The highest BCUT2D eigenvalue weighted by Crippen LogP contribution is 2.36. The number of piperidine rings is 1. The molecule has 0 bridgehead atoms. The first-order chi connectivity index (χ1) is 13.0. The Kier molecular flexibility index (Phi) is 5.92. The van der Waals surface area contributed by atoms with Gasteiger partial charge >= 0.3 is 5.69 Å². The van der Waals surface area contributed by atoms with Gasteiger partial charge in [0.1, 0.15) is 11.4 Å². The summed E-state index contributed by atoms with van der Waals surface area (Å²) in [5.74, 6) is 0.590. The van der Waals surface area contributed by atoms with Gasteiger partial charge in [-0.25, -0.2) is 4.98 Å². The second kappa shape index (κ2) is 8.36. The molecule has 1 aliphatic heterocycles. The van der Waals surface area contributed by atoms with Crippen molar-refractivity contribution in [2.45, 2.75) is 25.4 Å². The lowest BCUT2D eigenvalue weighted by Gasteiger charge is -2.32. The fourth-order valence-electron chi connectivity index (χ4n) is 3.11. The highest BCUT2D eigenvalue weighted by atomic mass is 35.5. The molecule has 10 heteroatoms. The average Bonchev–Trinajstić information content (AvgIpc) is 2.66. The number of aromatic nitrogens is 2. The smallest absolute Gasteiger partial charge is 0.335 e. The van der Waals surface area contributed by atoms with Crippen LogP contribution in [0.3, 0.4) is 0 Å². The third-order valence-corrected chi connectivity index (χ3v) is 4.86. The number of rotatable bonds is 6. The van der Waals surface area contributed by atoms with E-state index in [1.807, 2.05) is 12.1 Å². The molecule has 0 aliphatic carbocycles. The fraction of sp³-hybridized carbons (Fsp3) is 0.412. The molecule has 1 saturated heterocycles. The van der Waals surface area contributed by atoms with Gasteiger partial charge in [0.15, 0.2) is 0 Å². The van der Waals surface area contributed by atoms with E-state index in [0.717, 1.165) is 43.9 Å². The van der Waals surface area contributed by atoms with Crippen LogP contribution in [0.25, 0.3) is 0 Å². The lowest BCUT2D eigenvalue weighted by atomic mass is 10.0. The lowest BCUT2D eigenvalue weighted by Crippen LogP contribution is -2.39. The maximum atomic E-state index is 11.3. The monoisotopic (exact) mass is 392 g/mol. The van der Waals surface area contributed by atoms with Crippen LogP contribution in [0.5, 0.6) is 5.75 Å². The second-order valence-electron chi connectivity index (χ2n) is 6.36. The Morgan fingerprint density at radius 2 is 2.11 bits per heavy atom. The van der Waals surface area contributed by atoms with Crippen LogP contribution in [0.4, 0.5) is 17.2 Å². The lowest BCUT2D eigenvalue weighted by molar-refractivity contribution is -0.383. The molecule has 0 atom stereocenters. The number of hydrogen-bond acceptors (Lipinski definition) is 8. The Morgan fingerprint density at radius 3 is 2.70 bits per heavy atom. The molecule has 1 fully saturated rings. The molecule has 27 heavy (non-hydrogen) atoms. The Bertz CT molecular complexity index is 809. The van der Waals surface area contributed by atoms with E-state index in [4.69, 9.17) is 22.1 Å². The minimum Gasteiger partial charge on any atom is -0.495 e. The quantitative estimate of drug-likeness (QED) is 0.568. The average molecular weight is 393 g/mol. The standard InChI is InChI=1S/C17H21ClN6O3/c1-27-13-3-2-12(20-8-13)10-23-6-4-11(5-7-23)22-15-14(18)9-21-17(19)16(15)24(25)26/h2-3,8-9,11H,4-7,10H2,1H3,(H3,19,21,22). The van der Waals surface area contributed by atoms with Crippen LogP contribution >= 0.6 is 11.6 Å². The first kappa shape index (κ1) is 19.1. The number of nitrogens with zero attached hydrogens (tertiary/aromatic N) is 4. The van der Waals surface area contributed by atoms with Crippen molar-refractivity contribution in [1.29, 1.82) is 0 Å². The molecular formula is C17H21ClN6O3. The molecule has 2 aromatic rings. The first-order valence-corrected chi connectivity index (χ1v) is 8.92. The summed E-state index contributed by atoms with van der Waals surface area (Å²) in [5.41, 5.74) is 6.59. The Labute approximate surface area is 161 Å². The number of methoxy groups -OCH3 is 1. The van der Waals surface area contributed by atoms with Gasteiger partial charge < -0.3 is 15.8 Å². The van der Waals surface area contributed by atoms with Gasteiger partial charge in [-0.1, -0.05) is 11.6 Å². The van der Waals surface area contributed by atoms with Crippen molar-refractivity contribution >= 4 is 28.8 Å². The topological polar surface area (TPSA) is 119 Å². The number of likely N-dealkylation sites (tertiary alicyclic amines) is 1. The van der Waals surface area contributed by atoms with Crippen molar-refractivity contribution in [2.24, 2.45) is 0 Å². The highest BCUT2D eigenvalue weighted by Gasteiger charge is 2.27. The zero-order valence-corrected chi connectivity index (χ0v) is 15.6. The van der Waals surface area contributed by atoms with E-state index in [-0.39, 0.29) is 28.3 Å². The summed E-state index contributed by atoms with van der Waals surface area (Å²) in [7, 11) is 1.61. The summed E-state index contributed by atoms with van der Waals surface area (Å²) in [4.78, 5) is 21.2. The van der Waals surface area contributed by atoms with Crippen molar-refractivity contribution in [3.63, 3.8) is 0 Å². The fourth-order valence-corrected chi connectivity index (χ4v) is 3.30. The van der Waals surface area contributed by atoms with Gasteiger partial charge in [0.25, 0.3) is 0 Å². The van der Waals surface area contributed by atoms with Gasteiger partial charge in [0.05, 0.1) is 35.1 Å². The molecule has 3 N–H and O–H groups in total. The minimum atomic E-state index is -0.555. The predicted molar refractivity (Wildman–Crippen MR) is 103 cm³/mol. The van der Waals surface area contributed by atoms with E-state index in [2.05, 4.69) is 20.2 Å². The van der Waals surface area contributed by atoms with Crippen molar-refractivity contribution in [3.8, 4) is 5.75 Å². The highest BCUT2D eigenvalue weighted by molar-refractivity contribution is 6.33. The van der Waals surface area contributed by atoms with E-state index in [0.29, 0.717) is 0 Å². The summed E-state index contributed by atoms with van der Waals surface area (Å²) in [5, 5.41) is 14.7. The largest absolute Gasteiger partial charge is 0.495 e. The van der Waals surface area contributed by atoms with E-state index in [9.17, 15) is 10.1 Å². The Hall–Kier alpha value is -2.65. The maximum absolute atomic E-state index is 11.3. The normalized spacial score (nSPS) is 15.5. The van der Waals surface area contributed by atoms with Gasteiger partial charge in [-0.2, -0.15) is 0 Å². The molecule has 9 nitrogen and oxygen atoms in total. The van der Waals surface area contributed by atoms with E-state index in [1.165, 1.54) is 6.20 Å². The zero-order chi connectivity index (χ0) is 19.4. The molecule has 0 spiro atoms. The second-order valence-corrected chi connectivity index (χ2v) is 6.76. The molecular weight excluding hydrogens is 372 g/mol. The number of pyridine rings is 2. The van der Waals surface area contributed by atoms with E-state index >= 15 is 0 Å². The maximum Gasteiger partial charge on any atom is 0.335 e. The Balaban J connectivity index is 1.60. The summed E-state index contributed by atoms with van der Waals surface area (Å²) >= 11 is 6.11. The van der Waals surface area contributed by atoms with Gasteiger partial charge in [0.2, 0.25) is 5.82 Å². The Morgan fingerprint density at radius 1 is 1.37 bits per heavy atom. The molecule has 0 amide bonds. The number of nitrogens with one attached hydrogen (secondary N) is 1. The number of anilines is 2. The van der Waals surface area contributed by atoms with Crippen LogP contribution in [0.1, 0.15) is 18.5 Å². The van der Waals surface area contributed by atoms with Gasteiger partial charge in [-0.3, -0.25) is 20.0 Å². The minimum absolute atomic E-state index is 0.0723. The third kappa shape index (κ3) is 4.55. The summed E-state index contributed by atoms with van der Waals surface area (Å²) in [6, 6.07) is 3.92. The number of nitrogen functional groups attached to an aromatic ring is 1. The number of nitrogens with two attached hydrogens (primary N) is 1. The predicted octanol–water partition coefficient (Wildman–Crippen LogP) is 2.71. The zero-order valence-electron chi connectivity index (χ0n) is 14.9. The molecule has 1 aliphatic rings. The summed E-state index contributed by atoms with van der Waals surface area (Å²) in [6.07, 6.45) is 4.69. The van der Waals surface area contributed by atoms with Gasteiger partial charge in [-0.05, 0) is 25.0 Å². The van der Waals surface area contributed by atoms with E-state index < -0.39 is 4.92 Å². The summed E-state index contributed by atoms with van der Waals surface area (Å²) < 4.78 is 5.12. The SMILES string of the molecule is COc1ccc(CN2CCC(Nc3c(Cl)cnc(N)c3[N+](=O)[O-])CC2)nc1. The number of hydrogen-bond donors (Lipinski definition) is 2. The van der Waals surface area contributed by atoms with E-state index in [1.54, 1.807) is 13.3 Å². The van der Waals surface area contributed by atoms with Gasteiger partial charge in [0, 0.05) is 25.7 Å². The third-order valence-electron chi connectivity index (χ3n) is 4.57. The van der Waals surface area contributed by atoms with Gasteiger partial charge in [-0.15, -0.1) is 0 Å². The molecule has 144 valence electrons. The molecule has 0 unspecified atom stereocenters. The summed E-state index contributed by atoms with van der Waals surface area (Å²) in [6.45, 7) is 2.44. The number of halogens is 1. The molecule has 0 saturated carbocycles. The van der Waals surface area contributed by atoms with Crippen LogP contribution in [0.2, 0.25) is 5.02 Å². The van der Waals surface area contributed by atoms with Crippen LogP contribution in [-0.2, 0) is 6.54 Å². The van der Waals surface area contributed by atoms with Crippen LogP contribution in [0, 0.1) is 10.1 Å². The number of nitro groups is 1. The van der Waals surface area contributed by atoms with Crippen molar-refractivity contribution in [1.82, 2.24) is 14.9 Å². The number of ether oxygens (including phenoxy) is 1. The molecule has 2 aromatic heterocycles. The van der Waals surface area contributed by atoms with Crippen LogP contribution in [0.15, 0.2) is 24.5 Å². The van der Waals surface area contributed by atoms with Crippen LogP contribution in [-0.4, -0.2) is 46.0 Å². The molecule has 0 aromatic carbocycles. The first-order valence-electron chi connectivity index (χ1n) is 8.54. The van der Waals surface area contributed by atoms with Crippen molar-refractivity contribution in [2.75, 3.05) is 31.2 Å². The molecule has 0 radical (unpaired) electrons. The van der Waals surface area contributed by atoms with Crippen molar-refractivity contribution < 1.29 is 9.66 Å².